The summed E-state index contributed by atoms with van der Waals surface area (Å²) in [5.74, 6) is 2.77. The van der Waals surface area contributed by atoms with Gasteiger partial charge in [-0.15, -0.1) is 6.42 Å². The zero-order valence-corrected chi connectivity index (χ0v) is 14.9. The van der Waals surface area contributed by atoms with E-state index >= 15 is 0 Å². The minimum atomic E-state index is 0.910. The number of para-hydroxylation sites is 2. The molecule has 0 saturated carbocycles. The minimum Gasteiger partial charge on any atom is -0.311 e. The molecule has 0 unspecified atom stereocenters. The van der Waals surface area contributed by atoms with Gasteiger partial charge in [-0.3, -0.25) is 0 Å². The predicted molar refractivity (Wildman–Crippen MR) is 114 cm³/mol. The molecule has 0 N–H and O–H groups in total. The highest BCUT2D eigenvalue weighted by atomic mass is 15.1. The zero-order chi connectivity index (χ0) is 18.5. The molecular formula is C26H19N. The van der Waals surface area contributed by atoms with Gasteiger partial charge in [-0.25, -0.2) is 0 Å². The molecule has 0 aliphatic carbocycles. The van der Waals surface area contributed by atoms with Crippen LogP contribution in [0.1, 0.15) is 5.56 Å². The van der Waals surface area contributed by atoms with E-state index in [1.807, 2.05) is 30.3 Å². The lowest BCUT2D eigenvalue weighted by Crippen LogP contribution is -2.09. The first kappa shape index (κ1) is 16.7. The van der Waals surface area contributed by atoms with E-state index in [4.69, 9.17) is 6.42 Å². The monoisotopic (exact) mass is 345 g/mol. The molecular weight excluding hydrogens is 326 g/mol. The van der Waals surface area contributed by atoms with Gasteiger partial charge in [0.15, 0.2) is 0 Å². The van der Waals surface area contributed by atoms with Gasteiger partial charge in [-0.05, 0) is 53.6 Å². The standard InChI is InChI=1S/C26H19N/c1-2-21-11-9-10-16-26(21)22-17-19-25(20-18-22)27(23-12-5-3-6-13-23)24-14-7-4-8-15-24/h1,3-20H. The fraction of sp³-hybridized carbons (Fsp3) is 0. The molecule has 0 spiro atoms. The molecule has 0 aliphatic heterocycles. The molecule has 0 aliphatic rings. The van der Waals surface area contributed by atoms with Gasteiger partial charge in [0.1, 0.15) is 0 Å². The third kappa shape index (κ3) is 3.47. The van der Waals surface area contributed by atoms with Crippen LogP contribution in [0.3, 0.4) is 0 Å². The highest BCUT2D eigenvalue weighted by Crippen LogP contribution is 2.35. The first-order chi connectivity index (χ1) is 13.4. The van der Waals surface area contributed by atoms with Crippen LogP contribution in [0.2, 0.25) is 0 Å². The van der Waals surface area contributed by atoms with Crippen LogP contribution >= 0.6 is 0 Å². The lowest BCUT2D eigenvalue weighted by molar-refractivity contribution is 1.28. The van der Waals surface area contributed by atoms with Crippen LogP contribution < -0.4 is 4.90 Å². The van der Waals surface area contributed by atoms with E-state index in [0.29, 0.717) is 0 Å². The van der Waals surface area contributed by atoms with Gasteiger partial charge >= 0.3 is 0 Å². The molecule has 1 heteroatoms. The number of hydrogen-bond donors (Lipinski definition) is 0. The lowest BCUT2D eigenvalue weighted by atomic mass is 9.99. The van der Waals surface area contributed by atoms with Crippen LogP contribution in [-0.4, -0.2) is 0 Å². The molecule has 0 radical (unpaired) electrons. The molecule has 0 atom stereocenters. The molecule has 0 heterocycles. The molecule has 0 bridgehead atoms. The Labute approximate surface area is 160 Å². The number of rotatable bonds is 4. The van der Waals surface area contributed by atoms with Crippen LogP contribution in [-0.2, 0) is 0 Å². The van der Waals surface area contributed by atoms with E-state index in [1.54, 1.807) is 0 Å². The molecule has 0 fully saturated rings. The summed E-state index contributed by atoms with van der Waals surface area (Å²) in [5.41, 5.74) is 6.47. The predicted octanol–water partition coefficient (Wildman–Crippen LogP) is 6.80. The molecule has 128 valence electrons. The Balaban J connectivity index is 1.77. The van der Waals surface area contributed by atoms with Gasteiger partial charge in [0, 0.05) is 22.6 Å². The van der Waals surface area contributed by atoms with E-state index < -0.39 is 0 Å². The summed E-state index contributed by atoms with van der Waals surface area (Å²) in [6.07, 6.45) is 5.66. The first-order valence-electron chi connectivity index (χ1n) is 8.93. The van der Waals surface area contributed by atoms with E-state index in [-0.39, 0.29) is 0 Å². The Morgan fingerprint density at radius 1 is 0.519 bits per heavy atom. The second-order valence-electron chi connectivity index (χ2n) is 6.24. The smallest absolute Gasteiger partial charge is 0.0462 e. The van der Waals surface area contributed by atoms with Gasteiger partial charge in [0.2, 0.25) is 0 Å². The van der Waals surface area contributed by atoms with E-state index in [9.17, 15) is 0 Å². The average molecular weight is 345 g/mol. The number of benzene rings is 4. The molecule has 1 nitrogen and oxygen atoms in total. The van der Waals surface area contributed by atoms with Crippen molar-refractivity contribution in [1.82, 2.24) is 0 Å². The van der Waals surface area contributed by atoms with Crippen LogP contribution in [0.5, 0.6) is 0 Å². The summed E-state index contributed by atoms with van der Waals surface area (Å²) in [5, 5.41) is 0. The van der Waals surface area contributed by atoms with Gasteiger partial charge in [0.25, 0.3) is 0 Å². The normalized spacial score (nSPS) is 10.2. The molecule has 27 heavy (non-hydrogen) atoms. The van der Waals surface area contributed by atoms with E-state index in [2.05, 4.69) is 89.7 Å². The highest BCUT2D eigenvalue weighted by Gasteiger charge is 2.12. The summed E-state index contributed by atoms with van der Waals surface area (Å²) in [7, 11) is 0. The summed E-state index contributed by atoms with van der Waals surface area (Å²) in [6.45, 7) is 0. The molecule has 0 aromatic heterocycles. The maximum Gasteiger partial charge on any atom is 0.0462 e. The van der Waals surface area contributed by atoms with Crippen molar-refractivity contribution in [3.63, 3.8) is 0 Å². The van der Waals surface area contributed by atoms with Crippen molar-refractivity contribution in [2.75, 3.05) is 4.90 Å². The quantitative estimate of drug-likeness (QED) is 0.367. The number of anilines is 3. The summed E-state index contributed by atoms with van der Waals surface area (Å²) < 4.78 is 0. The van der Waals surface area contributed by atoms with Crippen LogP contribution in [0.15, 0.2) is 109 Å². The lowest BCUT2D eigenvalue weighted by Gasteiger charge is -2.25. The molecule has 4 aromatic rings. The average Bonchev–Trinajstić information content (AvgIpc) is 2.76. The number of nitrogens with zero attached hydrogens (tertiary/aromatic N) is 1. The number of terminal acetylenes is 1. The second-order valence-corrected chi connectivity index (χ2v) is 6.24. The van der Waals surface area contributed by atoms with Gasteiger partial charge < -0.3 is 4.90 Å². The summed E-state index contributed by atoms with van der Waals surface area (Å²) >= 11 is 0. The topological polar surface area (TPSA) is 3.24 Å². The van der Waals surface area contributed by atoms with Crippen molar-refractivity contribution in [3.05, 3.63) is 115 Å². The maximum absolute atomic E-state index is 5.66. The Hall–Kier alpha value is -3.76. The van der Waals surface area contributed by atoms with Crippen LogP contribution in [0.25, 0.3) is 11.1 Å². The maximum atomic E-state index is 5.66. The van der Waals surface area contributed by atoms with Crippen LogP contribution in [0.4, 0.5) is 17.1 Å². The molecule has 4 aromatic carbocycles. The van der Waals surface area contributed by atoms with Gasteiger partial charge in [-0.1, -0.05) is 72.7 Å². The van der Waals surface area contributed by atoms with Crippen molar-refractivity contribution in [1.29, 1.82) is 0 Å². The third-order valence-electron chi connectivity index (χ3n) is 4.55. The summed E-state index contributed by atoms with van der Waals surface area (Å²) in [4.78, 5) is 2.25. The molecule has 0 saturated heterocycles. The SMILES string of the molecule is C#Cc1ccccc1-c1ccc(N(c2ccccc2)c2ccccc2)cc1. The van der Waals surface area contributed by atoms with Crippen molar-refractivity contribution in [2.45, 2.75) is 0 Å². The fourth-order valence-corrected chi connectivity index (χ4v) is 3.25. The van der Waals surface area contributed by atoms with Crippen LogP contribution in [0, 0.1) is 12.3 Å². The fourth-order valence-electron chi connectivity index (χ4n) is 3.25. The largest absolute Gasteiger partial charge is 0.311 e. The first-order valence-corrected chi connectivity index (χ1v) is 8.93. The third-order valence-corrected chi connectivity index (χ3v) is 4.55. The Bertz CT molecular complexity index is 1020. The van der Waals surface area contributed by atoms with E-state index in [0.717, 1.165) is 33.8 Å². The Morgan fingerprint density at radius 3 is 1.56 bits per heavy atom. The molecule has 0 amide bonds. The van der Waals surface area contributed by atoms with Gasteiger partial charge in [0.05, 0.1) is 0 Å². The number of hydrogen-bond acceptors (Lipinski definition) is 1. The Kier molecular flexibility index (Phi) is 4.72. The highest BCUT2D eigenvalue weighted by molar-refractivity contribution is 5.79. The van der Waals surface area contributed by atoms with Crippen molar-refractivity contribution >= 4 is 17.1 Å². The van der Waals surface area contributed by atoms with Crippen molar-refractivity contribution < 1.29 is 0 Å². The van der Waals surface area contributed by atoms with Crippen molar-refractivity contribution in [2.24, 2.45) is 0 Å². The van der Waals surface area contributed by atoms with Gasteiger partial charge in [-0.2, -0.15) is 0 Å². The van der Waals surface area contributed by atoms with Crippen molar-refractivity contribution in [3.8, 4) is 23.5 Å². The Morgan fingerprint density at radius 2 is 1.00 bits per heavy atom. The second kappa shape index (κ2) is 7.64. The molecule has 4 rings (SSSR count). The van der Waals surface area contributed by atoms with E-state index in [1.165, 1.54) is 0 Å². The zero-order valence-electron chi connectivity index (χ0n) is 14.9. The summed E-state index contributed by atoms with van der Waals surface area (Å²) in [6, 6.07) is 37.4. The minimum absolute atomic E-state index is 0.910.